The van der Waals surface area contributed by atoms with Crippen LogP contribution in [0.5, 0.6) is 5.75 Å². The molecule has 1 saturated heterocycles. The van der Waals surface area contributed by atoms with Gasteiger partial charge in [-0.15, -0.1) is 0 Å². The molecule has 11 heteroatoms. The van der Waals surface area contributed by atoms with E-state index in [0.717, 1.165) is 26.8 Å². The molecule has 4 rings (SSSR count). The minimum Gasteiger partial charge on any atom is -0.496 e. The van der Waals surface area contributed by atoms with E-state index in [-0.39, 0.29) is 23.8 Å². The van der Waals surface area contributed by atoms with Gasteiger partial charge < -0.3 is 19.4 Å². The lowest BCUT2D eigenvalue weighted by atomic mass is 10.1. The highest BCUT2D eigenvalue weighted by molar-refractivity contribution is 8.01. The van der Waals surface area contributed by atoms with Crippen LogP contribution in [0.25, 0.3) is 0 Å². The zero-order valence-corrected chi connectivity index (χ0v) is 26.3. The largest absolute Gasteiger partial charge is 0.496 e. The quantitative estimate of drug-likeness (QED) is 0.335. The van der Waals surface area contributed by atoms with Crippen molar-refractivity contribution in [2.45, 2.75) is 42.0 Å². The second-order valence-corrected chi connectivity index (χ2v) is 12.9. The number of rotatable bonds is 9. The van der Waals surface area contributed by atoms with Crippen molar-refractivity contribution >= 4 is 46.0 Å². The Morgan fingerprint density at radius 3 is 2.74 bits per heavy atom. The molecule has 0 radical (unpaired) electrons. The van der Waals surface area contributed by atoms with Gasteiger partial charge in [0.25, 0.3) is 11.8 Å². The predicted molar refractivity (Wildman–Crippen MR) is 168 cm³/mol. The van der Waals surface area contributed by atoms with Gasteiger partial charge in [0.15, 0.2) is 5.13 Å². The Bertz CT molecular complexity index is 1470. The average molecular weight is 608 g/mol. The molecule has 1 aliphatic rings. The molecule has 0 spiro atoms. The summed E-state index contributed by atoms with van der Waals surface area (Å²) in [7, 11) is 5.53. The van der Waals surface area contributed by atoms with Gasteiger partial charge in [-0.05, 0) is 75.8 Å². The Labute approximate surface area is 255 Å². The molecule has 0 unspecified atom stereocenters. The first-order valence-corrected chi connectivity index (χ1v) is 15.3. The molecule has 9 nitrogen and oxygen atoms in total. The SMILES string of the molecule is C=CC(=O)N1CCCN(C(=O)c2cc(Sc3cnc(NC(=O)c4cccc(CN(C)C)c4)s3)c(C)cc2OC)C[C@H]1C. The molecule has 1 fully saturated rings. The van der Waals surface area contributed by atoms with Crippen molar-refractivity contribution in [3.05, 3.63) is 77.5 Å². The fourth-order valence-corrected chi connectivity index (χ4v) is 6.82. The molecule has 1 N–H and O–H groups in total. The van der Waals surface area contributed by atoms with Crippen LogP contribution in [0, 0.1) is 6.92 Å². The van der Waals surface area contributed by atoms with Gasteiger partial charge in [0, 0.05) is 42.7 Å². The smallest absolute Gasteiger partial charge is 0.257 e. The predicted octanol–water partition coefficient (Wildman–Crippen LogP) is 5.17. The van der Waals surface area contributed by atoms with Gasteiger partial charge in [-0.2, -0.15) is 0 Å². The van der Waals surface area contributed by atoms with Gasteiger partial charge >= 0.3 is 0 Å². The van der Waals surface area contributed by atoms with E-state index in [0.29, 0.717) is 48.1 Å². The van der Waals surface area contributed by atoms with E-state index in [2.05, 4.69) is 21.8 Å². The molecular weight excluding hydrogens is 571 g/mol. The lowest BCUT2D eigenvalue weighted by Gasteiger charge is -2.28. The Morgan fingerprint density at radius 1 is 1.24 bits per heavy atom. The van der Waals surface area contributed by atoms with Crippen LogP contribution in [-0.2, 0) is 11.3 Å². The summed E-state index contributed by atoms with van der Waals surface area (Å²) in [5, 5.41) is 3.40. The van der Waals surface area contributed by atoms with Crippen LogP contribution < -0.4 is 10.1 Å². The molecule has 0 saturated carbocycles. The van der Waals surface area contributed by atoms with Gasteiger partial charge in [0.2, 0.25) is 5.91 Å². The van der Waals surface area contributed by atoms with E-state index in [9.17, 15) is 14.4 Å². The molecule has 1 aromatic heterocycles. The van der Waals surface area contributed by atoms with E-state index in [1.807, 2.05) is 58.3 Å². The lowest BCUT2D eigenvalue weighted by Crippen LogP contribution is -2.43. The molecule has 0 aliphatic carbocycles. The minimum absolute atomic E-state index is 0.124. The first-order valence-electron chi connectivity index (χ1n) is 13.7. The molecule has 2 aromatic carbocycles. The number of hydrogen-bond donors (Lipinski definition) is 1. The molecule has 0 bridgehead atoms. The first kappa shape index (κ1) is 31.3. The number of nitrogens with zero attached hydrogens (tertiary/aromatic N) is 4. The summed E-state index contributed by atoms with van der Waals surface area (Å²) in [6.07, 6.45) is 3.72. The van der Waals surface area contributed by atoms with Crippen LogP contribution in [0.3, 0.4) is 0 Å². The highest BCUT2D eigenvalue weighted by atomic mass is 32.2. The molecular formula is C31H37N5O4S2. The van der Waals surface area contributed by atoms with Gasteiger partial charge in [-0.25, -0.2) is 4.98 Å². The number of aryl methyl sites for hydroxylation is 1. The van der Waals surface area contributed by atoms with Crippen molar-refractivity contribution in [3.63, 3.8) is 0 Å². The fourth-order valence-electron chi connectivity index (χ4n) is 4.89. The molecule has 3 aromatic rings. The maximum absolute atomic E-state index is 13.7. The second-order valence-electron chi connectivity index (χ2n) is 10.5. The molecule has 42 heavy (non-hydrogen) atoms. The third-order valence-electron chi connectivity index (χ3n) is 6.92. The zero-order valence-electron chi connectivity index (χ0n) is 24.7. The Hall–Kier alpha value is -3.67. The van der Waals surface area contributed by atoms with Crippen LogP contribution in [0.1, 0.15) is 45.2 Å². The van der Waals surface area contributed by atoms with E-state index in [1.165, 1.54) is 29.2 Å². The van der Waals surface area contributed by atoms with Crippen LogP contribution in [0.4, 0.5) is 5.13 Å². The molecule has 222 valence electrons. The molecule has 3 amide bonds. The summed E-state index contributed by atoms with van der Waals surface area (Å²) >= 11 is 2.86. The van der Waals surface area contributed by atoms with Crippen molar-refractivity contribution in [1.82, 2.24) is 19.7 Å². The normalized spacial score (nSPS) is 15.3. The van der Waals surface area contributed by atoms with Crippen LogP contribution in [0.15, 0.2) is 64.4 Å². The monoisotopic (exact) mass is 607 g/mol. The summed E-state index contributed by atoms with van der Waals surface area (Å²) in [5.41, 5.74) is 3.06. The number of anilines is 1. The van der Waals surface area contributed by atoms with Gasteiger partial charge in [0.1, 0.15) is 5.75 Å². The molecule has 2 heterocycles. The summed E-state index contributed by atoms with van der Waals surface area (Å²) in [6, 6.07) is 11.2. The lowest BCUT2D eigenvalue weighted by molar-refractivity contribution is -0.127. The molecule has 1 atom stereocenters. The number of hydrogen-bond acceptors (Lipinski definition) is 8. The zero-order chi connectivity index (χ0) is 30.4. The third kappa shape index (κ3) is 7.58. The topological polar surface area (TPSA) is 95.1 Å². The Kier molecular flexibility index (Phi) is 10.4. The van der Waals surface area contributed by atoms with Crippen LogP contribution in [0.2, 0.25) is 0 Å². The van der Waals surface area contributed by atoms with Gasteiger partial charge in [0.05, 0.1) is 23.1 Å². The summed E-state index contributed by atoms with van der Waals surface area (Å²) in [4.78, 5) is 49.8. The van der Waals surface area contributed by atoms with Crippen molar-refractivity contribution in [1.29, 1.82) is 0 Å². The summed E-state index contributed by atoms with van der Waals surface area (Å²) in [5.74, 6) is 0.0325. The maximum atomic E-state index is 13.7. The fraction of sp³-hybridized carbons (Fsp3) is 0.355. The number of nitrogens with one attached hydrogen (secondary N) is 1. The van der Waals surface area contributed by atoms with Crippen molar-refractivity contribution in [3.8, 4) is 5.75 Å². The van der Waals surface area contributed by atoms with Crippen LogP contribution >= 0.6 is 23.1 Å². The number of benzene rings is 2. The standard InChI is InChI=1S/C31H37N5O4S2/c1-7-27(37)36-13-9-12-35(18-21(36)3)30(39)24-16-26(20(2)14-25(24)40-6)41-28-17-32-31(42-28)33-29(38)23-11-8-10-22(15-23)19-34(4)5/h7-8,10-11,14-17,21H,1,9,12-13,18-19H2,2-6H3,(H,32,33,38)/t21-/m1/s1. The van der Waals surface area contributed by atoms with Crippen molar-refractivity contribution < 1.29 is 19.1 Å². The average Bonchev–Trinajstić information content (AvgIpc) is 3.30. The van der Waals surface area contributed by atoms with Gasteiger partial charge in [-0.3, -0.25) is 19.7 Å². The number of amides is 3. The molecule has 1 aliphatic heterocycles. The summed E-state index contributed by atoms with van der Waals surface area (Å²) in [6.45, 7) is 9.80. The van der Waals surface area contributed by atoms with Crippen LogP contribution in [-0.4, -0.2) is 84.3 Å². The Morgan fingerprint density at radius 2 is 2.02 bits per heavy atom. The second kappa shape index (κ2) is 14.0. The number of carbonyl (C=O) groups excluding carboxylic acids is 3. The van der Waals surface area contributed by atoms with E-state index in [1.54, 1.807) is 29.2 Å². The van der Waals surface area contributed by atoms with E-state index < -0.39 is 0 Å². The summed E-state index contributed by atoms with van der Waals surface area (Å²) < 4.78 is 6.48. The number of aromatic nitrogens is 1. The highest BCUT2D eigenvalue weighted by Crippen LogP contribution is 2.38. The third-order valence-corrected chi connectivity index (χ3v) is 9.09. The number of thiazole rings is 1. The van der Waals surface area contributed by atoms with Gasteiger partial charge in [-0.1, -0.05) is 41.8 Å². The first-order chi connectivity index (χ1) is 20.1. The highest BCUT2D eigenvalue weighted by Gasteiger charge is 2.29. The van der Waals surface area contributed by atoms with E-state index in [4.69, 9.17) is 4.74 Å². The van der Waals surface area contributed by atoms with Crippen molar-refractivity contribution in [2.24, 2.45) is 0 Å². The number of ether oxygens (including phenoxy) is 1. The van der Waals surface area contributed by atoms with E-state index >= 15 is 0 Å². The number of carbonyl (C=O) groups is 3. The maximum Gasteiger partial charge on any atom is 0.257 e. The number of methoxy groups -OCH3 is 1. The Balaban J connectivity index is 1.49. The minimum atomic E-state index is -0.213. The van der Waals surface area contributed by atoms with Crippen molar-refractivity contribution in [2.75, 3.05) is 46.2 Å².